The summed E-state index contributed by atoms with van der Waals surface area (Å²) in [6.45, 7) is 5.22. The van der Waals surface area contributed by atoms with Crippen molar-refractivity contribution in [3.8, 4) is 0 Å². The van der Waals surface area contributed by atoms with Gasteiger partial charge in [-0.15, -0.1) is 0 Å². The smallest absolute Gasteiger partial charge is 0.128 e. The fourth-order valence-corrected chi connectivity index (χ4v) is 1.48. The monoisotopic (exact) mass is 207 g/mol. The van der Waals surface area contributed by atoms with Crippen LogP contribution in [0.3, 0.4) is 0 Å². The van der Waals surface area contributed by atoms with Crippen LogP contribution in [-0.4, -0.2) is 18.6 Å². The Hall–Kier alpha value is -1.25. The molecule has 0 spiro atoms. The first kappa shape index (κ1) is 11.8. The Labute approximate surface area is 92.3 Å². The predicted molar refractivity (Wildman–Crippen MR) is 66.2 cm³/mol. The van der Waals surface area contributed by atoms with E-state index in [0.717, 1.165) is 23.7 Å². The number of aromatic nitrogens is 1. The van der Waals surface area contributed by atoms with Gasteiger partial charge in [0.2, 0.25) is 0 Å². The Kier molecular flexibility index (Phi) is 4.40. The van der Waals surface area contributed by atoms with Gasteiger partial charge in [0.1, 0.15) is 5.82 Å². The van der Waals surface area contributed by atoms with Crippen LogP contribution in [0.5, 0.6) is 0 Å². The molecule has 2 N–H and O–H groups in total. The minimum Gasteiger partial charge on any atom is -0.397 e. The lowest BCUT2D eigenvalue weighted by Crippen LogP contribution is -2.20. The summed E-state index contributed by atoms with van der Waals surface area (Å²) in [6, 6.07) is 3.91. The number of pyridine rings is 1. The maximum Gasteiger partial charge on any atom is 0.128 e. The maximum absolute atomic E-state index is 5.73. The molecule has 1 rings (SSSR count). The van der Waals surface area contributed by atoms with Crippen molar-refractivity contribution in [3.05, 3.63) is 17.8 Å². The summed E-state index contributed by atoms with van der Waals surface area (Å²) in [5, 5.41) is 0. The quantitative estimate of drug-likeness (QED) is 0.755. The van der Waals surface area contributed by atoms with Gasteiger partial charge < -0.3 is 10.6 Å². The molecular weight excluding hydrogens is 186 g/mol. The first-order chi connectivity index (χ1) is 7.15. The highest BCUT2D eigenvalue weighted by Gasteiger charge is 2.03. The summed E-state index contributed by atoms with van der Waals surface area (Å²) in [7, 11) is 2.08. The van der Waals surface area contributed by atoms with Crippen molar-refractivity contribution in [2.75, 3.05) is 24.2 Å². The Morgan fingerprint density at radius 2 is 2.07 bits per heavy atom. The van der Waals surface area contributed by atoms with Crippen molar-refractivity contribution in [1.82, 2.24) is 4.98 Å². The third-order valence-electron chi connectivity index (χ3n) is 2.60. The fraction of sp³-hybridized carbons (Fsp3) is 0.583. The summed E-state index contributed by atoms with van der Waals surface area (Å²) in [4.78, 5) is 6.63. The van der Waals surface area contributed by atoms with Crippen molar-refractivity contribution in [2.45, 2.75) is 33.1 Å². The third kappa shape index (κ3) is 3.42. The molecule has 0 amide bonds. The highest BCUT2D eigenvalue weighted by atomic mass is 15.2. The zero-order valence-electron chi connectivity index (χ0n) is 9.95. The molecule has 3 nitrogen and oxygen atoms in total. The van der Waals surface area contributed by atoms with E-state index in [1.165, 1.54) is 19.3 Å². The minimum atomic E-state index is 0.765. The van der Waals surface area contributed by atoms with Crippen LogP contribution in [-0.2, 0) is 0 Å². The van der Waals surface area contributed by atoms with E-state index in [1.54, 1.807) is 0 Å². The van der Waals surface area contributed by atoms with Gasteiger partial charge in [-0.1, -0.05) is 19.8 Å². The van der Waals surface area contributed by atoms with Crippen LogP contribution in [0.1, 0.15) is 31.9 Å². The number of unbranched alkanes of at least 4 members (excludes halogenated alkanes) is 2. The molecule has 84 valence electrons. The molecule has 0 radical (unpaired) electrons. The normalized spacial score (nSPS) is 10.3. The fourth-order valence-electron chi connectivity index (χ4n) is 1.48. The van der Waals surface area contributed by atoms with Gasteiger partial charge in [0, 0.05) is 13.6 Å². The standard InChI is InChI=1S/C12H21N3/c1-4-5-6-9-15(3)12-8-7-11(13)10(2)14-12/h7-8H,4-6,9,13H2,1-3H3. The molecule has 0 aliphatic carbocycles. The summed E-state index contributed by atoms with van der Waals surface area (Å²) in [5.41, 5.74) is 7.41. The Balaban J connectivity index is 2.57. The van der Waals surface area contributed by atoms with Crippen LogP contribution in [0.2, 0.25) is 0 Å². The largest absolute Gasteiger partial charge is 0.397 e. The van der Waals surface area contributed by atoms with E-state index in [9.17, 15) is 0 Å². The van der Waals surface area contributed by atoms with Gasteiger partial charge in [-0.25, -0.2) is 4.98 Å². The van der Waals surface area contributed by atoms with E-state index < -0.39 is 0 Å². The number of rotatable bonds is 5. The molecule has 0 saturated carbocycles. The Morgan fingerprint density at radius 3 is 2.67 bits per heavy atom. The maximum atomic E-state index is 5.73. The molecule has 0 bridgehead atoms. The molecule has 15 heavy (non-hydrogen) atoms. The summed E-state index contributed by atoms with van der Waals surface area (Å²) in [5.74, 6) is 1.01. The second-order valence-electron chi connectivity index (χ2n) is 3.97. The topological polar surface area (TPSA) is 42.1 Å². The molecule has 0 aromatic carbocycles. The molecule has 0 atom stereocenters. The van der Waals surface area contributed by atoms with Crippen molar-refractivity contribution >= 4 is 11.5 Å². The van der Waals surface area contributed by atoms with E-state index in [4.69, 9.17) is 5.73 Å². The molecule has 1 aromatic heterocycles. The lowest BCUT2D eigenvalue weighted by Gasteiger charge is -2.18. The number of hydrogen-bond donors (Lipinski definition) is 1. The van der Waals surface area contributed by atoms with E-state index in [-0.39, 0.29) is 0 Å². The van der Waals surface area contributed by atoms with Gasteiger partial charge in [0.15, 0.2) is 0 Å². The third-order valence-corrected chi connectivity index (χ3v) is 2.60. The van der Waals surface area contributed by atoms with Crippen molar-refractivity contribution in [2.24, 2.45) is 0 Å². The number of nitrogens with zero attached hydrogens (tertiary/aromatic N) is 2. The molecular formula is C12H21N3. The Morgan fingerprint density at radius 1 is 1.33 bits per heavy atom. The van der Waals surface area contributed by atoms with Crippen molar-refractivity contribution in [1.29, 1.82) is 0 Å². The number of nitrogens with two attached hydrogens (primary N) is 1. The average Bonchev–Trinajstić information content (AvgIpc) is 2.22. The minimum absolute atomic E-state index is 0.765. The predicted octanol–water partition coefficient (Wildman–Crippen LogP) is 2.60. The molecule has 0 aliphatic rings. The number of nitrogen functional groups attached to an aromatic ring is 1. The van der Waals surface area contributed by atoms with E-state index >= 15 is 0 Å². The summed E-state index contributed by atoms with van der Waals surface area (Å²) < 4.78 is 0. The van der Waals surface area contributed by atoms with E-state index in [0.29, 0.717) is 0 Å². The molecule has 3 heteroatoms. The van der Waals surface area contributed by atoms with Gasteiger partial charge in [-0.3, -0.25) is 0 Å². The van der Waals surface area contributed by atoms with Crippen LogP contribution < -0.4 is 10.6 Å². The molecule has 0 fully saturated rings. The van der Waals surface area contributed by atoms with Crippen LogP contribution in [0.4, 0.5) is 11.5 Å². The highest BCUT2D eigenvalue weighted by molar-refractivity contribution is 5.49. The second-order valence-corrected chi connectivity index (χ2v) is 3.97. The average molecular weight is 207 g/mol. The SMILES string of the molecule is CCCCCN(C)c1ccc(N)c(C)n1. The zero-order chi connectivity index (χ0) is 11.3. The van der Waals surface area contributed by atoms with Gasteiger partial charge >= 0.3 is 0 Å². The Bertz CT molecular complexity index is 310. The number of hydrogen-bond acceptors (Lipinski definition) is 3. The van der Waals surface area contributed by atoms with Crippen molar-refractivity contribution < 1.29 is 0 Å². The summed E-state index contributed by atoms with van der Waals surface area (Å²) >= 11 is 0. The molecule has 0 saturated heterocycles. The lowest BCUT2D eigenvalue weighted by atomic mass is 10.2. The highest BCUT2D eigenvalue weighted by Crippen LogP contribution is 2.15. The van der Waals surface area contributed by atoms with Gasteiger partial charge in [0.05, 0.1) is 11.4 Å². The summed E-state index contributed by atoms with van der Waals surface area (Å²) in [6.07, 6.45) is 3.75. The van der Waals surface area contributed by atoms with Crippen molar-refractivity contribution in [3.63, 3.8) is 0 Å². The van der Waals surface area contributed by atoms with E-state index in [1.807, 2.05) is 19.1 Å². The van der Waals surface area contributed by atoms with Crippen LogP contribution in [0, 0.1) is 6.92 Å². The van der Waals surface area contributed by atoms with Crippen LogP contribution >= 0.6 is 0 Å². The first-order valence-electron chi connectivity index (χ1n) is 5.59. The van der Waals surface area contributed by atoms with Crippen LogP contribution in [0.15, 0.2) is 12.1 Å². The lowest BCUT2D eigenvalue weighted by molar-refractivity contribution is 0.701. The van der Waals surface area contributed by atoms with Gasteiger partial charge in [0.25, 0.3) is 0 Å². The van der Waals surface area contributed by atoms with E-state index in [2.05, 4.69) is 23.9 Å². The first-order valence-corrected chi connectivity index (χ1v) is 5.59. The molecule has 1 aromatic rings. The van der Waals surface area contributed by atoms with Crippen LogP contribution in [0.25, 0.3) is 0 Å². The second kappa shape index (κ2) is 5.59. The number of aryl methyl sites for hydroxylation is 1. The van der Waals surface area contributed by atoms with Gasteiger partial charge in [-0.2, -0.15) is 0 Å². The zero-order valence-corrected chi connectivity index (χ0v) is 9.95. The molecule has 1 heterocycles. The molecule has 0 unspecified atom stereocenters. The molecule has 0 aliphatic heterocycles. The number of anilines is 2. The van der Waals surface area contributed by atoms with Gasteiger partial charge in [-0.05, 0) is 25.5 Å².